The largest absolute Gasteiger partial charge is 0.463 e. The molecule has 4 aliphatic rings. The van der Waals surface area contributed by atoms with Crippen molar-refractivity contribution in [2.24, 2.45) is 52.3 Å². The number of hydrogen-bond donors (Lipinski definition) is 0. The predicted octanol–water partition coefficient (Wildman–Crippen LogP) is 7.22. The second-order valence-corrected chi connectivity index (χ2v) is 13.1. The lowest BCUT2D eigenvalue weighted by atomic mass is 9.44. The van der Waals surface area contributed by atoms with Gasteiger partial charge in [0.15, 0.2) is 0 Å². The second-order valence-electron chi connectivity index (χ2n) is 13.1. The molecule has 4 fully saturated rings. The van der Waals surface area contributed by atoms with Gasteiger partial charge in [-0.05, 0) is 91.3 Å². The van der Waals surface area contributed by atoms with Crippen molar-refractivity contribution < 1.29 is 14.3 Å². The topological polar surface area (TPSA) is 43.4 Å². The molecule has 4 saturated carbocycles. The maximum absolute atomic E-state index is 13.7. The van der Waals surface area contributed by atoms with Crippen molar-refractivity contribution >= 4 is 11.8 Å². The number of ether oxygens (including phenoxy) is 1. The number of Topliss-reactive ketones (excluding diaryl/α,β-unsaturated/α-hetero) is 1. The molecule has 0 spiro atoms. The first-order valence-electron chi connectivity index (χ1n) is 13.8. The normalized spacial score (nSPS) is 44.5. The van der Waals surface area contributed by atoms with Crippen LogP contribution in [0.5, 0.6) is 0 Å². The van der Waals surface area contributed by atoms with E-state index in [2.05, 4.69) is 34.6 Å². The van der Waals surface area contributed by atoms with E-state index in [1.807, 2.05) is 0 Å². The van der Waals surface area contributed by atoms with Crippen LogP contribution in [0.4, 0.5) is 0 Å². The van der Waals surface area contributed by atoms with Crippen LogP contribution in [0, 0.1) is 52.3 Å². The lowest BCUT2D eigenvalue weighted by Crippen LogP contribution is -2.57. The Balaban J connectivity index is 1.48. The minimum atomic E-state index is -0.174. The fraction of sp³-hybridized carbons (Fsp3) is 0.931. The van der Waals surface area contributed by atoms with Crippen molar-refractivity contribution in [2.75, 3.05) is 0 Å². The van der Waals surface area contributed by atoms with Crippen molar-refractivity contribution in [1.29, 1.82) is 0 Å². The van der Waals surface area contributed by atoms with Crippen LogP contribution in [0.3, 0.4) is 0 Å². The third-order valence-electron chi connectivity index (χ3n) is 11.0. The fourth-order valence-electron chi connectivity index (χ4n) is 9.26. The molecular formula is C29H48O3. The van der Waals surface area contributed by atoms with Crippen LogP contribution in [0.1, 0.15) is 112 Å². The van der Waals surface area contributed by atoms with Crippen molar-refractivity contribution in [1.82, 2.24) is 0 Å². The van der Waals surface area contributed by atoms with E-state index >= 15 is 0 Å². The minimum Gasteiger partial charge on any atom is -0.463 e. The summed E-state index contributed by atoms with van der Waals surface area (Å²) < 4.78 is 5.58. The van der Waals surface area contributed by atoms with E-state index < -0.39 is 0 Å². The van der Waals surface area contributed by atoms with Gasteiger partial charge in [-0.15, -0.1) is 0 Å². The van der Waals surface area contributed by atoms with Crippen molar-refractivity contribution in [3.8, 4) is 0 Å². The Morgan fingerprint density at radius 3 is 2.38 bits per heavy atom. The molecule has 4 aliphatic carbocycles. The van der Waals surface area contributed by atoms with Crippen LogP contribution in [-0.4, -0.2) is 17.9 Å². The standard InChI is InChI=1S/C29H48O3/c1-18(2)8-7-9-19(3)23-10-11-24-27-25(13-15-29(23,24)6)28(5)14-12-22(32-20(4)30)16-21(28)17-26(27)31/h18-19,21-25,27H,7-17H2,1-6H3/t19-,21-,22-,23+,24-,25-,27-,28+,29+/m1/s1. The van der Waals surface area contributed by atoms with Crippen LogP contribution in [-0.2, 0) is 14.3 Å². The minimum absolute atomic E-state index is 0.0198. The molecule has 32 heavy (non-hydrogen) atoms. The molecule has 0 aliphatic heterocycles. The molecule has 3 heteroatoms. The van der Waals surface area contributed by atoms with Gasteiger partial charge in [0.25, 0.3) is 0 Å². The molecule has 0 aromatic carbocycles. The number of ketones is 1. The predicted molar refractivity (Wildman–Crippen MR) is 129 cm³/mol. The summed E-state index contributed by atoms with van der Waals surface area (Å²) in [6.45, 7) is 13.7. The molecule has 9 atom stereocenters. The van der Waals surface area contributed by atoms with Gasteiger partial charge in [0.05, 0.1) is 0 Å². The van der Waals surface area contributed by atoms with Crippen molar-refractivity contribution in [3.63, 3.8) is 0 Å². The highest BCUT2D eigenvalue weighted by Crippen LogP contribution is 2.67. The van der Waals surface area contributed by atoms with Crippen LogP contribution in [0.2, 0.25) is 0 Å². The summed E-state index contributed by atoms with van der Waals surface area (Å²) in [5.74, 6) is 4.56. The average molecular weight is 445 g/mol. The third kappa shape index (κ3) is 4.20. The van der Waals surface area contributed by atoms with Crippen molar-refractivity contribution in [2.45, 2.75) is 118 Å². The Labute approximate surface area is 196 Å². The maximum atomic E-state index is 13.7. The zero-order chi connectivity index (χ0) is 23.3. The van der Waals surface area contributed by atoms with Gasteiger partial charge in [0.2, 0.25) is 0 Å². The molecule has 0 heterocycles. The highest BCUT2D eigenvalue weighted by molar-refractivity contribution is 5.83. The third-order valence-corrected chi connectivity index (χ3v) is 11.0. The van der Waals surface area contributed by atoms with Gasteiger partial charge >= 0.3 is 5.97 Å². The number of rotatable bonds is 6. The molecule has 182 valence electrons. The van der Waals surface area contributed by atoms with E-state index in [0.29, 0.717) is 29.0 Å². The van der Waals surface area contributed by atoms with Gasteiger partial charge in [-0.1, -0.05) is 53.9 Å². The summed E-state index contributed by atoms with van der Waals surface area (Å²) in [5.41, 5.74) is 0.601. The molecule has 0 bridgehead atoms. The monoisotopic (exact) mass is 444 g/mol. The van der Waals surface area contributed by atoms with E-state index in [9.17, 15) is 9.59 Å². The molecule has 0 saturated heterocycles. The Hall–Kier alpha value is -0.860. The lowest BCUT2D eigenvalue weighted by Gasteiger charge is -2.60. The smallest absolute Gasteiger partial charge is 0.302 e. The second kappa shape index (κ2) is 9.06. The van der Waals surface area contributed by atoms with E-state index in [-0.39, 0.29) is 23.4 Å². The SMILES string of the molecule is CC(=O)O[C@@H]1CC[C@@]2(C)[C@@H](CC(=O)[C@H]3[C@H]2CC[C@]2(C)[C@@H]3CC[C@H]2[C@H](C)CCCC(C)C)C1. The summed E-state index contributed by atoms with van der Waals surface area (Å²) in [6.07, 6.45) is 12.9. The van der Waals surface area contributed by atoms with E-state index in [1.54, 1.807) is 0 Å². The first-order chi connectivity index (χ1) is 15.1. The molecule has 0 radical (unpaired) electrons. The van der Waals surface area contributed by atoms with Gasteiger partial charge in [-0.3, -0.25) is 9.59 Å². The van der Waals surface area contributed by atoms with Crippen molar-refractivity contribution in [3.05, 3.63) is 0 Å². The zero-order valence-corrected chi connectivity index (χ0v) is 21.6. The van der Waals surface area contributed by atoms with Crippen LogP contribution in [0.25, 0.3) is 0 Å². The summed E-state index contributed by atoms with van der Waals surface area (Å²) in [7, 11) is 0. The number of fused-ring (bicyclic) bond motifs is 5. The van der Waals surface area contributed by atoms with Gasteiger partial charge < -0.3 is 4.74 Å². The van der Waals surface area contributed by atoms with Gasteiger partial charge in [0, 0.05) is 19.3 Å². The first-order valence-corrected chi connectivity index (χ1v) is 13.8. The highest BCUT2D eigenvalue weighted by atomic mass is 16.5. The highest BCUT2D eigenvalue weighted by Gasteiger charge is 2.63. The van der Waals surface area contributed by atoms with E-state index in [4.69, 9.17) is 4.74 Å². The number of hydrogen-bond acceptors (Lipinski definition) is 3. The van der Waals surface area contributed by atoms with Crippen LogP contribution >= 0.6 is 0 Å². The molecule has 0 unspecified atom stereocenters. The first kappa shape index (κ1) is 24.3. The summed E-state index contributed by atoms with van der Waals surface area (Å²) in [4.78, 5) is 25.2. The Bertz CT molecular complexity index is 713. The number of carbonyl (C=O) groups is 2. The van der Waals surface area contributed by atoms with E-state index in [0.717, 1.165) is 43.4 Å². The Kier molecular flexibility index (Phi) is 6.87. The lowest BCUT2D eigenvalue weighted by molar-refractivity contribution is -0.168. The van der Waals surface area contributed by atoms with Crippen LogP contribution in [0.15, 0.2) is 0 Å². The molecular weight excluding hydrogens is 396 g/mol. The molecule has 4 rings (SSSR count). The summed E-state index contributed by atoms with van der Waals surface area (Å²) in [6, 6.07) is 0. The summed E-state index contributed by atoms with van der Waals surface area (Å²) in [5, 5.41) is 0. The maximum Gasteiger partial charge on any atom is 0.302 e. The Morgan fingerprint density at radius 2 is 1.69 bits per heavy atom. The number of carbonyl (C=O) groups excluding carboxylic acids is 2. The van der Waals surface area contributed by atoms with Gasteiger partial charge in [0.1, 0.15) is 11.9 Å². The molecule has 3 nitrogen and oxygen atoms in total. The molecule has 0 N–H and O–H groups in total. The van der Waals surface area contributed by atoms with Gasteiger partial charge in [-0.25, -0.2) is 0 Å². The van der Waals surface area contributed by atoms with Crippen LogP contribution < -0.4 is 0 Å². The fourth-order valence-corrected chi connectivity index (χ4v) is 9.26. The summed E-state index contributed by atoms with van der Waals surface area (Å²) >= 11 is 0. The zero-order valence-electron chi connectivity index (χ0n) is 21.6. The molecule has 0 aromatic rings. The Morgan fingerprint density at radius 1 is 1.00 bits per heavy atom. The number of esters is 1. The molecule has 0 amide bonds. The quantitative estimate of drug-likeness (QED) is 0.406. The van der Waals surface area contributed by atoms with E-state index in [1.165, 1.54) is 51.9 Å². The molecule has 0 aromatic heterocycles. The van der Waals surface area contributed by atoms with Gasteiger partial charge in [-0.2, -0.15) is 0 Å². The average Bonchev–Trinajstić information content (AvgIpc) is 3.05.